The van der Waals surface area contributed by atoms with Crippen LogP contribution in [0.3, 0.4) is 0 Å². The first-order valence-electron chi connectivity index (χ1n) is 6.68. The molecule has 4 heteroatoms. The van der Waals surface area contributed by atoms with Gasteiger partial charge in [0.1, 0.15) is 5.82 Å². The zero-order valence-electron chi connectivity index (χ0n) is 11.4. The third-order valence-electron chi connectivity index (χ3n) is 3.39. The van der Waals surface area contributed by atoms with E-state index >= 15 is 0 Å². The van der Waals surface area contributed by atoms with Gasteiger partial charge in [0.2, 0.25) is 0 Å². The van der Waals surface area contributed by atoms with Crippen LogP contribution < -0.4 is 0 Å². The Balaban J connectivity index is 2.10. The molecule has 0 aliphatic heterocycles. The minimum absolute atomic E-state index is 0.582. The number of alkyl halides is 1. The lowest BCUT2D eigenvalue weighted by Gasteiger charge is -2.08. The predicted octanol–water partition coefficient (Wildman–Crippen LogP) is 3.57. The Hall–Kier alpha value is -1.87. The summed E-state index contributed by atoms with van der Waals surface area (Å²) < 4.78 is 2.25. The summed E-state index contributed by atoms with van der Waals surface area (Å²) in [6, 6.07) is 10.4. The van der Waals surface area contributed by atoms with Crippen molar-refractivity contribution in [1.29, 1.82) is 0 Å². The fourth-order valence-corrected chi connectivity index (χ4v) is 2.57. The molecule has 0 unspecified atom stereocenters. The maximum absolute atomic E-state index is 5.91. The third kappa shape index (κ3) is 2.54. The fraction of sp³-hybridized carbons (Fsp3) is 0.250. The number of halogens is 1. The number of fused-ring (bicyclic) bond motifs is 1. The van der Waals surface area contributed by atoms with Crippen molar-refractivity contribution in [3.8, 4) is 0 Å². The lowest BCUT2D eigenvalue weighted by Crippen LogP contribution is -2.06. The van der Waals surface area contributed by atoms with E-state index in [9.17, 15) is 0 Å². The molecular weight excluding hydrogens is 270 g/mol. The van der Waals surface area contributed by atoms with Gasteiger partial charge in [0.05, 0.1) is 11.0 Å². The molecule has 2 aromatic heterocycles. The van der Waals surface area contributed by atoms with Gasteiger partial charge in [-0.05, 0) is 42.3 Å². The Morgan fingerprint density at radius 3 is 2.70 bits per heavy atom. The zero-order valence-corrected chi connectivity index (χ0v) is 12.1. The van der Waals surface area contributed by atoms with Crippen LogP contribution in [0.4, 0.5) is 0 Å². The first kappa shape index (κ1) is 13.1. The van der Waals surface area contributed by atoms with E-state index < -0.39 is 0 Å². The first-order valence-corrected chi connectivity index (χ1v) is 7.22. The van der Waals surface area contributed by atoms with Crippen molar-refractivity contribution in [3.63, 3.8) is 0 Å². The van der Waals surface area contributed by atoms with E-state index in [-0.39, 0.29) is 0 Å². The van der Waals surface area contributed by atoms with Crippen LogP contribution >= 0.6 is 11.6 Å². The molecule has 0 saturated heterocycles. The van der Waals surface area contributed by atoms with Crippen LogP contribution in [0.25, 0.3) is 11.0 Å². The average Bonchev–Trinajstić information content (AvgIpc) is 2.78. The highest BCUT2D eigenvalue weighted by atomic mass is 35.5. The number of aryl methyl sites for hydroxylation is 2. The number of aromatic nitrogens is 3. The summed E-state index contributed by atoms with van der Waals surface area (Å²) >= 11 is 5.91. The van der Waals surface area contributed by atoms with Gasteiger partial charge >= 0.3 is 0 Å². The van der Waals surface area contributed by atoms with Gasteiger partial charge in [0.15, 0.2) is 0 Å². The van der Waals surface area contributed by atoms with Crippen molar-refractivity contribution < 1.29 is 0 Å². The summed E-state index contributed by atoms with van der Waals surface area (Å²) in [6.07, 6.45) is 4.42. The number of imidazole rings is 1. The average molecular weight is 286 g/mol. The second kappa shape index (κ2) is 5.63. The van der Waals surface area contributed by atoms with Crippen LogP contribution in [0, 0.1) is 6.92 Å². The molecule has 3 rings (SSSR count). The van der Waals surface area contributed by atoms with Crippen molar-refractivity contribution >= 4 is 22.6 Å². The Kier molecular flexibility index (Phi) is 3.70. The Morgan fingerprint density at radius 2 is 1.95 bits per heavy atom. The summed E-state index contributed by atoms with van der Waals surface area (Å²) in [5.74, 6) is 1.62. The summed E-state index contributed by atoms with van der Waals surface area (Å²) in [7, 11) is 0. The Bertz CT molecular complexity index is 719. The van der Waals surface area contributed by atoms with Gasteiger partial charge in [0, 0.05) is 31.2 Å². The number of benzene rings is 1. The highest BCUT2D eigenvalue weighted by molar-refractivity contribution is 6.17. The van der Waals surface area contributed by atoms with Crippen LogP contribution in [0.1, 0.15) is 17.0 Å². The molecule has 0 amide bonds. The second-order valence-electron chi connectivity index (χ2n) is 4.90. The second-order valence-corrected chi connectivity index (χ2v) is 5.28. The summed E-state index contributed by atoms with van der Waals surface area (Å²) in [4.78, 5) is 8.77. The number of pyridine rings is 1. The molecule has 2 heterocycles. The topological polar surface area (TPSA) is 30.7 Å². The lowest BCUT2D eigenvalue weighted by molar-refractivity contribution is 0.753. The van der Waals surface area contributed by atoms with E-state index in [2.05, 4.69) is 34.7 Å². The minimum atomic E-state index is 0.582. The predicted molar refractivity (Wildman–Crippen MR) is 82.2 cm³/mol. The standard InChI is InChI=1S/C16H16ClN3/c1-12-2-3-14-15(10-12)20(16(19-14)4-7-17)11-13-5-8-18-9-6-13/h2-3,5-6,8-10H,4,7,11H2,1H3. The molecule has 20 heavy (non-hydrogen) atoms. The van der Waals surface area contributed by atoms with Crippen LogP contribution in [0.5, 0.6) is 0 Å². The molecule has 1 aromatic carbocycles. The molecule has 0 radical (unpaired) electrons. The molecule has 0 bridgehead atoms. The SMILES string of the molecule is Cc1ccc2nc(CCCl)n(Cc3ccncc3)c2c1. The van der Waals surface area contributed by atoms with Gasteiger partial charge < -0.3 is 4.57 Å². The molecule has 0 atom stereocenters. The normalized spacial score (nSPS) is 11.1. The third-order valence-corrected chi connectivity index (χ3v) is 3.58. The fourth-order valence-electron chi connectivity index (χ4n) is 2.41. The quantitative estimate of drug-likeness (QED) is 0.686. The highest BCUT2D eigenvalue weighted by Gasteiger charge is 2.10. The first-order chi connectivity index (χ1) is 9.78. The summed E-state index contributed by atoms with van der Waals surface area (Å²) in [6.45, 7) is 2.90. The molecule has 0 spiro atoms. The molecule has 0 saturated carbocycles. The van der Waals surface area contributed by atoms with Gasteiger partial charge in [-0.25, -0.2) is 4.98 Å². The molecule has 3 nitrogen and oxygen atoms in total. The number of rotatable bonds is 4. The van der Waals surface area contributed by atoms with Crippen LogP contribution in [0.15, 0.2) is 42.7 Å². The summed E-state index contributed by atoms with van der Waals surface area (Å²) in [5.41, 5.74) is 4.66. The van der Waals surface area contributed by atoms with Crippen LogP contribution in [-0.2, 0) is 13.0 Å². The Labute approximate surface area is 123 Å². The molecular formula is C16H16ClN3. The molecule has 0 aliphatic rings. The zero-order chi connectivity index (χ0) is 13.9. The van der Waals surface area contributed by atoms with Crippen LogP contribution in [0.2, 0.25) is 0 Å². The van der Waals surface area contributed by atoms with E-state index in [1.165, 1.54) is 16.6 Å². The smallest absolute Gasteiger partial charge is 0.111 e. The van der Waals surface area contributed by atoms with Crippen LogP contribution in [-0.4, -0.2) is 20.4 Å². The molecule has 102 valence electrons. The molecule has 0 N–H and O–H groups in total. The number of hydrogen-bond donors (Lipinski definition) is 0. The van der Waals surface area contributed by atoms with E-state index in [4.69, 9.17) is 16.6 Å². The van der Waals surface area contributed by atoms with Gasteiger partial charge in [-0.2, -0.15) is 0 Å². The van der Waals surface area contributed by atoms with Crippen molar-refractivity contribution in [2.24, 2.45) is 0 Å². The van der Waals surface area contributed by atoms with Crippen molar-refractivity contribution in [2.75, 3.05) is 5.88 Å². The maximum atomic E-state index is 5.91. The largest absolute Gasteiger partial charge is 0.323 e. The maximum Gasteiger partial charge on any atom is 0.111 e. The van der Waals surface area contributed by atoms with Crippen molar-refractivity contribution in [2.45, 2.75) is 19.9 Å². The van der Waals surface area contributed by atoms with Crippen molar-refractivity contribution in [3.05, 3.63) is 59.7 Å². The van der Waals surface area contributed by atoms with E-state index in [0.29, 0.717) is 5.88 Å². The van der Waals surface area contributed by atoms with E-state index in [1.54, 1.807) is 0 Å². The van der Waals surface area contributed by atoms with Gasteiger partial charge in [0.25, 0.3) is 0 Å². The number of nitrogens with zero attached hydrogens (tertiary/aromatic N) is 3. The Morgan fingerprint density at radius 1 is 1.15 bits per heavy atom. The minimum Gasteiger partial charge on any atom is -0.323 e. The van der Waals surface area contributed by atoms with E-state index in [0.717, 1.165) is 24.3 Å². The van der Waals surface area contributed by atoms with Gasteiger partial charge in [-0.3, -0.25) is 4.98 Å². The molecule has 3 aromatic rings. The number of hydrogen-bond acceptors (Lipinski definition) is 2. The molecule has 0 aliphatic carbocycles. The lowest BCUT2D eigenvalue weighted by atomic mass is 10.2. The van der Waals surface area contributed by atoms with Gasteiger partial charge in [-0.1, -0.05) is 6.07 Å². The summed E-state index contributed by atoms with van der Waals surface area (Å²) in [5, 5.41) is 0. The van der Waals surface area contributed by atoms with E-state index in [1.807, 2.05) is 24.5 Å². The van der Waals surface area contributed by atoms with Gasteiger partial charge in [-0.15, -0.1) is 11.6 Å². The molecule has 0 fully saturated rings. The monoisotopic (exact) mass is 285 g/mol. The highest BCUT2D eigenvalue weighted by Crippen LogP contribution is 2.20. The van der Waals surface area contributed by atoms with Crippen molar-refractivity contribution in [1.82, 2.24) is 14.5 Å².